The Hall–Kier alpha value is -7.94. The number of furan rings is 1. The SMILES string of the molecule is c1ccc(-c2ccc(-c3c(N(c4ccc5c(c4)C(c4ccccc4)(c4ccccc4)c4ccccc4-5)c4ccc5ccccc5c4)ccc4oc5ccccc5c34)cc2)cc1. The molecule has 12 rings (SSSR count). The van der Waals surface area contributed by atoms with E-state index in [-0.39, 0.29) is 0 Å². The Morgan fingerprint density at radius 3 is 1.70 bits per heavy atom. The second kappa shape index (κ2) is 14.1. The van der Waals surface area contributed by atoms with Crippen molar-refractivity contribution in [3.8, 4) is 33.4 Å². The summed E-state index contributed by atoms with van der Waals surface area (Å²) < 4.78 is 6.61. The van der Waals surface area contributed by atoms with Crippen molar-refractivity contribution >= 4 is 49.8 Å². The lowest BCUT2D eigenvalue weighted by Gasteiger charge is -2.35. The number of hydrogen-bond acceptors (Lipinski definition) is 2. The molecule has 0 fully saturated rings. The minimum Gasteiger partial charge on any atom is -0.456 e. The molecule has 1 heterocycles. The highest BCUT2D eigenvalue weighted by atomic mass is 16.3. The van der Waals surface area contributed by atoms with Crippen molar-refractivity contribution in [2.75, 3.05) is 4.90 Å². The Balaban J connectivity index is 1.17. The van der Waals surface area contributed by atoms with Crippen LogP contribution in [-0.2, 0) is 5.41 Å². The predicted octanol–water partition coefficient (Wildman–Crippen LogP) is 15.9. The molecule has 0 bridgehead atoms. The Morgan fingerprint density at radius 2 is 0.934 bits per heavy atom. The lowest BCUT2D eigenvalue weighted by atomic mass is 9.67. The van der Waals surface area contributed by atoms with Crippen LogP contribution in [0.25, 0.3) is 66.1 Å². The van der Waals surface area contributed by atoms with Gasteiger partial charge >= 0.3 is 0 Å². The lowest BCUT2D eigenvalue weighted by Crippen LogP contribution is -2.28. The zero-order valence-corrected chi connectivity index (χ0v) is 33.4. The Bertz CT molecular complexity index is 3360. The number of hydrogen-bond donors (Lipinski definition) is 0. The fourth-order valence-corrected chi connectivity index (χ4v) is 10.1. The zero-order chi connectivity index (χ0) is 40.3. The average molecular weight is 778 g/mol. The maximum atomic E-state index is 6.61. The molecule has 0 radical (unpaired) electrons. The van der Waals surface area contributed by atoms with E-state index in [4.69, 9.17) is 4.42 Å². The molecule has 61 heavy (non-hydrogen) atoms. The van der Waals surface area contributed by atoms with Crippen molar-refractivity contribution < 1.29 is 4.42 Å². The summed E-state index contributed by atoms with van der Waals surface area (Å²) in [6.07, 6.45) is 0. The first-order valence-corrected chi connectivity index (χ1v) is 21.0. The Kier molecular flexibility index (Phi) is 8.11. The van der Waals surface area contributed by atoms with Gasteiger partial charge < -0.3 is 9.32 Å². The van der Waals surface area contributed by atoms with Crippen LogP contribution in [0.4, 0.5) is 17.1 Å². The van der Waals surface area contributed by atoms with Crippen LogP contribution in [0.2, 0.25) is 0 Å². The van der Waals surface area contributed by atoms with Gasteiger partial charge in [0.15, 0.2) is 0 Å². The number of para-hydroxylation sites is 1. The molecule has 0 N–H and O–H groups in total. The monoisotopic (exact) mass is 777 g/mol. The third-order valence-corrected chi connectivity index (χ3v) is 12.7. The van der Waals surface area contributed by atoms with Gasteiger partial charge in [-0.3, -0.25) is 0 Å². The largest absolute Gasteiger partial charge is 0.456 e. The lowest BCUT2D eigenvalue weighted by molar-refractivity contribution is 0.669. The third-order valence-electron chi connectivity index (χ3n) is 12.7. The molecule has 0 atom stereocenters. The summed E-state index contributed by atoms with van der Waals surface area (Å²) in [5, 5.41) is 4.58. The summed E-state index contributed by atoms with van der Waals surface area (Å²) >= 11 is 0. The summed E-state index contributed by atoms with van der Waals surface area (Å²) in [4.78, 5) is 2.47. The highest BCUT2D eigenvalue weighted by molar-refractivity contribution is 6.16. The number of nitrogens with zero attached hydrogens (tertiary/aromatic N) is 1. The van der Waals surface area contributed by atoms with Crippen LogP contribution < -0.4 is 4.90 Å². The van der Waals surface area contributed by atoms with Crippen LogP contribution in [0.5, 0.6) is 0 Å². The van der Waals surface area contributed by atoms with Gasteiger partial charge in [-0.2, -0.15) is 0 Å². The normalized spacial score (nSPS) is 12.7. The van der Waals surface area contributed by atoms with Crippen molar-refractivity contribution in [2.24, 2.45) is 0 Å². The summed E-state index contributed by atoms with van der Waals surface area (Å²) in [6.45, 7) is 0. The number of fused-ring (bicyclic) bond motifs is 7. The van der Waals surface area contributed by atoms with Gasteiger partial charge in [0.1, 0.15) is 11.2 Å². The number of anilines is 3. The smallest absolute Gasteiger partial charge is 0.136 e. The van der Waals surface area contributed by atoms with Crippen molar-refractivity contribution in [3.05, 3.63) is 259 Å². The fraction of sp³-hybridized carbons (Fsp3) is 0.0169. The Morgan fingerprint density at radius 1 is 0.361 bits per heavy atom. The maximum Gasteiger partial charge on any atom is 0.136 e. The van der Waals surface area contributed by atoms with E-state index < -0.39 is 5.41 Å². The van der Waals surface area contributed by atoms with Crippen molar-refractivity contribution in [2.45, 2.75) is 5.41 Å². The van der Waals surface area contributed by atoms with Crippen molar-refractivity contribution in [1.29, 1.82) is 0 Å². The van der Waals surface area contributed by atoms with Gasteiger partial charge in [0.25, 0.3) is 0 Å². The van der Waals surface area contributed by atoms with Crippen LogP contribution in [-0.4, -0.2) is 0 Å². The zero-order valence-electron chi connectivity index (χ0n) is 33.4. The molecule has 1 aliphatic carbocycles. The van der Waals surface area contributed by atoms with Crippen LogP contribution >= 0.6 is 0 Å². The van der Waals surface area contributed by atoms with Gasteiger partial charge in [-0.05, 0) is 103 Å². The number of benzene rings is 10. The molecule has 0 spiro atoms. The predicted molar refractivity (Wildman–Crippen MR) is 254 cm³/mol. The molecule has 0 amide bonds. The number of rotatable bonds is 7. The molecule has 0 aliphatic heterocycles. The molecular formula is C59H39NO. The minimum absolute atomic E-state index is 0.541. The van der Waals surface area contributed by atoms with Gasteiger partial charge in [0.05, 0.1) is 11.1 Å². The third kappa shape index (κ3) is 5.50. The van der Waals surface area contributed by atoms with E-state index in [0.717, 1.165) is 50.1 Å². The molecule has 1 aromatic heterocycles. The van der Waals surface area contributed by atoms with Crippen LogP contribution in [0.3, 0.4) is 0 Å². The van der Waals surface area contributed by atoms with Crippen LogP contribution in [0, 0.1) is 0 Å². The standard InChI is InChI=1S/C59H39NO/c1-4-16-40(17-5-1)42-28-30-43(31-29-42)57-54(36-37-56-58(57)51-25-13-15-27-55(51)61-56)60(47-33-32-41-18-10-11-19-44(41)38-47)48-34-35-50-49-24-12-14-26-52(49)59(53(50)39-48,45-20-6-2-7-21-45)46-22-8-3-9-23-46/h1-39H. The topological polar surface area (TPSA) is 16.4 Å². The quantitative estimate of drug-likeness (QED) is 0.160. The van der Waals surface area contributed by atoms with E-state index in [2.05, 4.69) is 241 Å². The van der Waals surface area contributed by atoms with Gasteiger partial charge in [0, 0.05) is 27.7 Å². The van der Waals surface area contributed by atoms with Gasteiger partial charge in [-0.1, -0.05) is 194 Å². The second-order valence-corrected chi connectivity index (χ2v) is 16.0. The highest BCUT2D eigenvalue weighted by Crippen LogP contribution is 2.58. The van der Waals surface area contributed by atoms with E-state index in [1.54, 1.807) is 0 Å². The summed E-state index contributed by atoms with van der Waals surface area (Å²) in [5.41, 5.74) is 16.6. The van der Waals surface area contributed by atoms with E-state index in [1.165, 1.54) is 55.3 Å². The van der Waals surface area contributed by atoms with E-state index in [0.29, 0.717) is 0 Å². The molecule has 0 unspecified atom stereocenters. The highest BCUT2D eigenvalue weighted by Gasteiger charge is 2.46. The molecule has 0 saturated heterocycles. The first kappa shape index (κ1) is 35.0. The molecule has 10 aromatic carbocycles. The first-order chi connectivity index (χ1) is 30.3. The van der Waals surface area contributed by atoms with E-state index in [9.17, 15) is 0 Å². The second-order valence-electron chi connectivity index (χ2n) is 16.0. The molecule has 0 saturated carbocycles. The van der Waals surface area contributed by atoms with Gasteiger partial charge in [-0.15, -0.1) is 0 Å². The Labute approximate surface area is 355 Å². The molecule has 1 aliphatic rings. The molecular weight excluding hydrogens is 739 g/mol. The molecule has 11 aromatic rings. The molecule has 2 nitrogen and oxygen atoms in total. The molecule has 286 valence electrons. The summed E-state index contributed by atoms with van der Waals surface area (Å²) in [5.74, 6) is 0. The maximum absolute atomic E-state index is 6.61. The van der Waals surface area contributed by atoms with Gasteiger partial charge in [0.2, 0.25) is 0 Å². The van der Waals surface area contributed by atoms with E-state index in [1.807, 2.05) is 0 Å². The van der Waals surface area contributed by atoms with Crippen molar-refractivity contribution in [1.82, 2.24) is 0 Å². The first-order valence-electron chi connectivity index (χ1n) is 21.0. The van der Waals surface area contributed by atoms with E-state index >= 15 is 0 Å². The van der Waals surface area contributed by atoms with Crippen LogP contribution in [0.1, 0.15) is 22.3 Å². The molecule has 2 heteroatoms. The van der Waals surface area contributed by atoms with Gasteiger partial charge in [-0.25, -0.2) is 0 Å². The van der Waals surface area contributed by atoms with Crippen molar-refractivity contribution in [3.63, 3.8) is 0 Å². The summed E-state index contributed by atoms with van der Waals surface area (Å²) in [6, 6.07) is 86.2. The summed E-state index contributed by atoms with van der Waals surface area (Å²) in [7, 11) is 0. The average Bonchev–Trinajstić information content (AvgIpc) is 3.86. The fourth-order valence-electron chi connectivity index (χ4n) is 10.1. The minimum atomic E-state index is -0.541. The van der Waals surface area contributed by atoms with Crippen LogP contribution in [0.15, 0.2) is 241 Å².